The molecule has 0 saturated heterocycles. The number of fused-ring (bicyclic) bond motifs is 1. The van der Waals surface area contributed by atoms with E-state index < -0.39 is 5.54 Å². The first-order valence-corrected chi connectivity index (χ1v) is 11.3. The van der Waals surface area contributed by atoms with Crippen LogP contribution >= 0.6 is 11.3 Å². The first-order chi connectivity index (χ1) is 16.4. The van der Waals surface area contributed by atoms with E-state index in [-0.39, 0.29) is 5.82 Å². The van der Waals surface area contributed by atoms with Crippen molar-refractivity contribution < 1.29 is 4.39 Å². The molecule has 1 atom stereocenters. The Morgan fingerprint density at radius 1 is 1.00 bits per heavy atom. The topological polar surface area (TPSA) is 91.4 Å². The molecule has 7 heteroatoms. The van der Waals surface area contributed by atoms with Crippen LogP contribution in [0, 0.1) is 28.5 Å². The summed E-state index contributed by atoms with van der Waals surface area (Å²) in [4.78, 5) is 5.12. The van der Waals surface area contributed by atoms with Crippen molar-refractivity contribution in [2.24, 2.45) is 12.8 Å². The van der Waals surface area contributed by atoms with Crippen LogP contribution < -0.4 is 5.73 Å². The van der Waals surface area contributed by atoms with Gasteiger partial charge in [0.2, 0.25) is 0 Å². The van der Waals surface area contributed by atoms with Gasteiger partial charge in [0.1, 0.15) is 11.4 Å². The highest BCUT2D eigenvalue weighted by molar-refractivity contribution is 7.19. The summed E-state index contributed by atoms with van der Waals surface area (Å²) >= 11 is 1.48. The van der Waals surface area contributed by atoms with Crippen molar-refractivity contribution in [3.8, 4) is 23.3 Å². The Morgan fingerprint density at radius 3 is 2.41 bits per heavy atom. The summed E-state index contributed by atoms with van der Waals surface area (Å²) in [5.74, 6) is -0.343. The van der Waals surface area contributed by atoms with Crippen LogP contribution in [0.1, 0.15) is 27.3 Å². The second-order valence-electron chi connectivity index (χ2n) is 8.06. The first kappa shape index (κ1) is 21.5. The third kappa shape index (κ3) is 3.45. The maximum absolute atomic E-state index is 14.0. The number of hydrogen-bond donors (Lipinski definition) is 1. The van der Waals surface area contributed by atoms with Crippen LogP contribution in [0.4, 0.5) is 4.39 Å². The number of aromatic nitrogens is 2. The van der Waals surface area contributed by atoms with E-state index in [0.717, 1.165) is 31.8 Å². The highest BCUT2D eigenvalue weighted by atomic mass is 32.1. The molecule has 34 heavy (non-hydrogen) atoms. The molecule has 0 fully saturated rings. The van der Waals surface area contributed by atoms with Gasteiger partial charge in [0.25, 0.3) is 0 Å². The number of halogens is 1. The van der Waals surface area contributed by atoms with Crippen molar-refractivity contribution in [2.45, 2.75) is 5.54 Å². The summed E-state index contributed by atoms with van der Waals surface area (Å²) in [5, 5.41) is 19.7. The number of imidazole rings is 1. The number of hydrogen-bond acceptors (Lipinski definition) is 5. The Hall–Kier alpha value is -4.30. The Bertz CT molecular complexity index is 1620. The van der Waals surface area contributed by atoms with Crippen molar-refractivity contribution in [1.82, 2.24) is 9.55 Å². The normalized spacial score (nSPS) is 12.7. The minimum absolute atomic E-state index is 0.343. The Balaban J connectivity index is 1.80. The van der Waals surface area contributed by atoms with Crippen LogP contribution in [0.25, 0.3) is 21.2 Å². The highest BCUT2D eigenvalue weighted by Gasteiger charge is 2.36. The summed E-state index contributed by atoms with van der Waals surface area (Å²) in [6.45, 7) is 0. The number of rotatable bonds is 4. The molecular weight excluding hydrogens is 445 g/mol. The summed E-state index contributed by atoms with van der Waals surface area (Å²) in [6, 6.07) is 23.5. The summed E-state index contributed by atoms with van der Waals surface area (Å²) in [5.41, 5.74) is 10.2. The average molecular weight is 464 g/mol. The molecule has 0 aliphatic rings. The molecule has 3 aromatic carbocycles. The van der Waals surface area contributed by atoms with Crippen molar-refractivity contribution in [1.29, 1.82) is 10.5 Å². The molecule has 0 saturated carbocycles. The van der Waals surface area contributed by atoms with Gasteiger partial charge >= 0.3 is 0 Å². The second-order valence-corrected chi connectivity index (χ2v) is 9.14. The molecule has 5 aromatic rings. The fraction of sp³-hybridized carbons (Fsp3) is 0.0741. The van der Waals surface area contributed by atoms with E-state index in [1.165, 1.54) is 23.5 Å². The van der Waals surface area contributed by atoms with Gasteiger partial charge < -0.3 is 10.3 Å². The zero-order chi connectivity index (χ0) is 23.9. The zero-order valence-electron chi connectivity index (χ0n) is 18.2. The third-order valence-electron chi connectivity index (χ3n) is 5.98. The van der Waals surface area contributed by atoms with Gasteiger partial charge in [-0.1, -0.05) is 24.3 Å². The van der Waals surface area contributed by atoms with Crippen LogP contribution in [-0.2, 0) is 12.6 Å². The van der Waals surface area contributed by atoms with Crippen molar-refractivity contribution in [3.05, 3.63) is 112 Å². The van der Waals surface area contributed by atoms with E-state index in [1.54, 1.807) is 36.8 Å². The molecular formula is C27H18FN5S. The highest BCUT2D eigenvalue weighted by Crippen LogP contribution is 2.43. The van der Waals surface area contributed by atoms with E-state index in [2.05, 4.69) is 17.1 Å². The largest absolute Gasteiger partial charge is 0.335 e. The molecule has 0 aliphatic heterocycles. The molecule has 164 valence electrons. The second kappa shape index (κ2) is 8.24. The number of nitrogens with two attached hydrogens (primary N) is 1. The van der Waals surface area contributed by atoms with Crippen LogP contribution in [0.3, 0.4) is 0 Å². The number of thiophene rings is 1. The molecule has 5 nitrogen and oxygen atoms in total. The Morgan fingerprint density at radius 2 is 1.76 bits per heavy atom. The smallest absolute Gasteiger partial charge is 0.123 e. The lowest BCUT2D eigenvalue weighted by Gasteiger charge is -2.29. The lowest BCUT2D eigenvalue weighted by atomic mass is 9.85. The summed E-state index contributed by atoms with van der Waals surface area (Å²) in [7, 11) is 1.88. The molecule has 0 amide bonds. The number of aryl methyl sites for hydroxylation is 1. The lowest BCUT2D eigenvalue weighted by molar-refractivity contribution is 0.607. The molecule has 0 spiro atoms. The molecule has 2 heterocycles. The number of nitriles is 2. The van der Waals surface area contributed by atoms with Crippen molar-refractivity contribution in [3.63, 3.8) is 0 Å². The van der Waals surface area contributed by atoms with Crippen LogP contribution in [0.2, 0.25) is 0 Å². The monoisotopic (exact) mass is 463 g/mol. The summed E-state index contributed by atoms with van der Waals surface area (Å²) in [6.07, 6.45) is 3.43. The van der Waals surface area contributed by atoms with E-state index in [0.29, 0.717) is 16.7 Å². The van der Waals surface area contributed by atoms with Gasteiger partial charge in [-0.3, -0.25) is 0 Å². The van der Waals surface area contributed by atoms with Gasteiger partial charge in [-0.25, -0.2) is 9.37 Å². The fourth-order valence-corrected chi connectivity index (χ4v) is 5.52. The van der Waals surface area contributed by atoms with E-state index in [4.69, 9.17) is 5.73 Å². The zero-order valence-corrected chi connectivity index (χ0v) is 19.0. The Labute approximate surface area is 199 Å². The van der Waals surface area contributed by atoms with Gasteiger partial charge in [-0.15, -0.1) is 11.3 Å². The number of nitrogens with zero attached hydrogens (tertiary/aromatic N) is 4. The average Bonchev–Trinajstić information content (AvgIpc) is 3.49. The molecule has 0 aliphatic carbocycles. The molecule has 0 radical (unpaired) electrons. The predicted molar refractivity (Wildman–Crippen MR) is 130 cm³/mol. The SMILES string of the molecule is Cn1cncc1C(N)(c1ccc(C#N)cc1)c1cc2c(-c3cccc(F)c3)cc(C#N)cc2s1. The van der Waals surface area contributed by atoms with Crippen molar-refractivity contribution >= 4 is 21.4 Å². The van der Waals surface area contributed by atoms with Crippen molar-refractivity contribution in [2.75, 3.05) is 0 Å². The quantitative estimate of drug-likeness (QED) is 0.384. The molecule has 0 bridgehead atoms. The third-order valence-corrected chi connectivity index (χ3v) is 7.20. The van der Waals surface area contributed by atoms with Gasteiger partial charge in [0.05, 0.1) is 41.5 Å². The lowest BCUT2D eigenvalue weighted by Crippen LogP contribution is -2.40. The van der Waals surface area contributed by atoms with Crippen LogP contribution in [0.15, 0.2) is 79.3 Å². The Kier molecular flexibility index (Phi) is 5.22. The minimum Gasteiger partial charge on any atom is -0.335 e. The number of benzene rings is 3. The van der Waals surface area contributed by atoms with Gasteiger partial charge in [0, 0.05) is 22.0 Å². The molecule has 1 unspecified atom stereocenters. The van der Waals surface area contributed by atoms with Gasteiger partial charge in [-0.05, 0) is 59.2 Å². The summed E-state index contributed by atoms with van der Waals surface area (Å²) < 4.78 is 16.8. The predicted octanol–water partition coefficient (Wildman–Crippen LogP) is 5.43. The minimum atomic E-state index is -1.06. The fourth-order valence-electron chi connectivity index (χ4n) is 4.25. The van der Waals surface area contributed by atoms with E-state index >= 15 is 0 Å². The van der Waals surface area contributed by atoms with Gasteiger partial charge in [-0.2, -0.15) is 10.5 Å². The molecule has 2 aromatic heterocycles. The standard InChI is InChI=1S/C27H18FN5S/c1-33-16-32-15-25(33)27(31,20-7-5-17(13-29)6-8-20)26-12-23-22(19-3-2-4-21(28)11-19)9-18(14-30)10-24(23)34-26/h2-12,15-16H,31H2,1H3. The van der Waals surface area contributed by atoms with Crippen LogP contribution in [-0.4, -0.2) is 9.55 Å². The van der Waals surface area contributed by atoms with Gasteiger partial charge in [0.15, 0.2) is 0 Å². The van der Waals surface area contributed by atoms with E-state index in [1.807, 2.05) is 41.9 Å². The maximum Gasteiger partial charge on any atom is 0.123 e. The maximum atomic E-state index is 14.0. The first-order valence-electron chi connectivity index (χ1n) is 10.4. The molecule has 2 N–H and O–H groups in total. The van der Waals surface area contributed by atoms with E-state index in [9.17, 15) is 14.9 Å². The molecule has 5 rings (SSSR count). The van der Waals surface area contributed by atoms with Crippen LogP contribution in [0.5, 0.6) is 0 Å².